The molecule has 0 saturated carbocycles. The molecule has 0 aromatic heterocycles. The number of benzene rings is 1. The molecule has 0 heterocycles. The van der Waals surface area contributed by atoms with Crippen LogP contribution in [0.1, 0.15) is 27.1 Å². The molecule has 8 heteroatoms. The minimum absolute atomic E-state index is 0.0320. The highest BCUT2D eigenvalue weighted by Crippen LogP contribution is 2.08. The minimum Gasteiger partial charge on any atom is -0.467 e. The van der Waals surface area contributed by atoms with Crippen molar-refractivity contribution in [2.45, 2.75) is 12.5 Å². The van der Waals surface area contributed by atoms with E-state index < -0.39 is 29.9 Å². The molecule has 0 radical (unpaired) electrons. The van der Waals surface area contributed by atoms with E-state index in [-0.39, 0.29) is 17.5 Å². The van der Waals surface area contributed by atoms with Gasteiger partial charge in [-0.1, -0.05) is 12.1 Å². The number of carbonyl (C=O) groups excluding carboxylic acids is 4. The maximum Gasteiger partial charge on any atom is 0.337 e. The number of esters is 3. The van der Waals surface area contributed by atoms with E-state index in [2.05, 4.69) is 19.5 Å². The summed E-state index contributed by atoms with van der Waals surface area (Å²) >= 11 is 0. The third-order valence-electron chi connectivity index (χ3n) is 3.16. The fourth-order valence-electron chi connectivity index (χ4n) is 1.87. The van der Waals surface area contributed by atoms with Gasteiger partial charge in [-0.3, -0.25) is 4.79 Å². The Morgan fingerprint density at radius 3 is 2.32 bits per heavy atom. The second-order valence-corrected chi connectivity index (χ2v) is 4.78. The maximum atomic E-state index is 12.3. The molecular weight excluding hydrogens is 330 g/mol. The summed E-state index contributed by atoms with van der Waals surface area (Å²) in [5.41, 5.74) is 0.379. The van der Waals surface area contributed by atoms with E-state index in [4.69, 9.17) is 0 Å². The molecule has 25 heavy (non-hydrogen) atoms. The Balaban J connectivity index is 2.87. The van der Waals surface area contributed by atoms with E-state index in [0.29, 0.717) is 0 Å². The van der Waals surface area contributed by atoms with Gasteiger partial charge in [0.2, 0.25) is 0 Å². The van der Waals surface area contributed by atoms with Crippen molar-refractivity contribution in [2.75, 3.05) is 21.3 Å². The Bertz CT molecular complexity index is 681. The van der Waals surface area contributed by atoms with Crippen LogP contribution in [0, 0.1) is 0 Å². The molecule has 0 aliphatic heterocycles. The van der Waals surface area contributed by atoms with Gasteiger partial charge in [0, 0.05) is 11.6 Å². The lowest BCUT2D eigenvalue weighted by atomic mass is 10.1. The van der Waals surface area contributed by atoms with Gasteiger partial charge in [-0.15, -0.1) is 0 Å². The lowest BCUT2D eigenvalue weighted by Gasteiger charge is -2.15. The van der Waals surface area contributed by atoms with Crippen LogP contribution < -0.4 is 5.32 Å². The maximum absolute atomic E-state index is 12.3. The van der Waals surface area contributed by atoms with Gasteiger partial charge in [-0.2, -0.15) is 0 Å². The molecule has 1 aromatic carbocycles. The van der Waals surface area contributed by atoms with Gasteiger partial charge in [0.25, 0.3) is 5.91 Å². The summed E-state index contributed by atoms with van der Waals surface area (Å²) in [5, 5.41) is 2.49. The van der Waals surface area contributed by atoms with Crippen molar-refractivity contribution in [1.82, 2.24) is 5.32 Å². The number of methoxy groups -OCH3 is 3. The first-order chi connectivity index (χ1) is 11.9. The Hall–Kier alpha value is -3.16. The number of rotatable bonds is 7. The van der Waals surface area contributed by atoms with Gasteiger partial charge in [0.05, 0.1) is 26.9 Å². The number of hydrogen-bond donors (Lipinski definition) is 1. The highest BCUT2D eigenvalue weighted by atomic mass is 16.5. The van der Waals surface area contributed by atoms with Crippen molar-refractivity contribution < 1.29 is 33.4 Å². The molecule has 0 aliphatic carbocycles. The molecule has 0 aliphatic rings. The van der Waals surface area contributed by atoms with E-state index in [1.807, 2.05) is 0 Å². The van der Waals surface area contributed by atoms with E-state index in [1.54, 1.807) is 0 Å². The van der Waals surface area contributed by atoms with Crippen LogP contribution in [0.2, 0.25) is 0 Å². The van der Waals surface area contributed by atoms with Crippen LogP contribution in [0.3, 0.4) is 0 Å². The van der Waals surface area contributed by atoms with Crippen LogP contribution in [0.15, 0.2) is 36.4 Å². The molecule has 134 valence electrons. The van der Waals surface area contributed by atoms with Crippen molar-refractivity contribution >= 4 is 23.8 Å². The topological polar surface area (TPSA) is 108 Å². The zero-order valence-corrected chi connectivity index (χ0v) is 14.1. The first-order valence-electron chi connectivity index (χ1n) is 7.24. The predicted octanol–water partition coefficient (Wildman–Crippen LogP) is 0.864. The quantitative estimate of drug-likeness (QED) is 0.442. The Labute approximate surface area is 144 Å². The van der Waals surface area contributed by atoms with Crippen molar-refractivity contribution in [2.24, 2.45) is 0 Å². The number of amides is 1. The Morgan fingerprint density at radius 1 is 1.04 bits per heavy atom. The van der Waals surface area contributed by atoms with Crippen molar-refractivity contribution in [1.29, 1.82) is 0 Å². The largest absolute Gasteiger partial charge is 0.467 e. The van der Waals surface area contributed by atoms with E-state index in [9.17, 15) is 19.2 Å². The summed E-state index contributed by atoms with van der Waals surface area (Å²) in [6.07, 6.45) is 2.56. The second kappa shape index (κ2) is 9.86. The predicted molar refractivity (Wildman–Crippen MR) is 86.8 cm³/mol. The van der Waals surface area contributed by atoms with Crippen LogP contribution in [-0.4, -0.2) is 51.2 Å². The average molecular weight is 349 g/mol. The van der Waals surface area contributed by atoms with E-state index in [1.165, 1.54) is 51.7 Å². The molecule has 0 unspecified atom stereocenters. The van der Waals surface area contributed by atoms with Gasteiger partial charge >= 0.3 is 17.9 Å². The summed E-state index contributed by atoms with van der Waals surface area (Å²) in [6, 6.07) is 4.85. The zero-order chi connectivity index (χ0) is 18.8. The van der Waals surface area contributed by atoms with Crippen LogP contribution in [0.25, 0.3) is 0 Å². The van der Waals surface area contributed by atoms with Gasteiger partial charge in [-0.05, 0) is 24.6 Å². The molecule has 0 fully saturated rings. The van der Waals surface area contributed by atoms with Gasteiger partial charge < -0.3 is 19.5 Å². The Morgan fingerprint density at radius 2 is 1.72 bits per heavy atom. The monoisotopic (exact) mass is 349 g/mol. The second-order valence-electron chi connectivity index (χ2n) is 4.78. The van der Waals surface area contributed by atoms with Crippen molar-refractivity contribution in [3.63, 3.8) is 0 Å². The smallest absolute Gasteiger partial charge is 0.337 e. The summed E-state index contributed by atoms with van der Waals surface area (Å²) in [7, 11) is 3.64. The zero-order valence-electron chi connectivity index (χ0n) is 14.1. The first-order valence-corrected chi connectivity index (χ1v) is 7.24. The molecular formula is C17H19NO7. The number of hydrogen-bond acceptors (Lipinski definition) is 7. The molecule has 8 nitrogen and oxygen atoms in total. The van der Waals surface area contributed by atoms with E-state index in [0.717, 1.165) is 6.08 Å². The molecule has 1 N–H and O–H groups in total. The van der Waals surface area contributed by atoms with Crippen LogP contribution in [0.4, 0.5) is 0 Å². The standard InChI is InChI=1S/C17H19NO7/c1-23-14(19)9-5-8-13(17(22)25-3)18-15(20)11-6-4-7-12(10-11)16(21)24-2/h4-7,9-10,13H,8H2,1-3H3,(H,18,20)/b9-5+/t13-/m1/s1. The van der Waals surface area contributed by atoms with Gasteiger partial charge in [-0.25, -0.2) is 14.4 Å². The lowest BCUT2D eigenvalue weighted by Crippen LogP contribution is -2.41. The molecule has 1 atom stereocenters. The normalized spacial score (nSPS) is 11.5. The van der Waals surface area contributed by atoms with Gasteiger partial charge in [0.1, 0.15) is 6.04 Å². The number of ether oxygens (including phenoxy) is 3. The summed E-state index contributed by atoms with van der Waals surface area (Å²) < 4.78 is 13.7. The average Bonchev–Trinajstić information content (AvgIpc) is 2.65. The van der Waals surface area contributed by atoms with Crippen LogP contribution in [0.5, 0.6) is 0 Å². The highest BCUT2D eigenvalue weighted by molar-refractivity contribution is 5.99. The van der Waals surface area contributed by atoms with Gasteiger partial charge in [0.15, 0.2) is 0 Å². The molecule has 1 rings (SSSR count). The van der Waals surface area contributed by atoms with E-state index >= 15 is 0 Å². The number of nitrogens with one attached hydrogen (secondary N) is 1. The summed E-state index contributed by atoms with van der Waals surface area (Å²) in [4.78, 5) is 46.7. The molecule has 1 amide bonds. The SMILES string of the molecule is COC(=O)/C=C/C[C@@H](NC(=O)c1cccc(C(=O)OC)c1)C(=O)OC. The molecule has 0 spiro atoms. The minimum atomic E-state index is -1.000. The fourth-order valence-corrected chi connectivity index (χ4v) is 1.87. The lowest BCUT2D eigenvalue weighted by molar-refractivity contribution is -0.143. The molecule has 0 bridgehead atoms. The summed E-state index contributed by atoms with van der Waals surface area (Å²) in [6.45, 7) is 0. The van der Waals surface area contributed by atoms with Crippen LogP contribution >= 0.6 is 0 Å². The third-order valence-corrected chi connectivity index (χ3v) is 3.16. The van der Waals surface area contributed by atoms with Crippen molar-refractivity contribution in [3.8, 4) is 0 Å². The summed E-state index contributed by atoms with van der Waals surface area (Å²) in [5.74, 6) is -2.42. The molecule has 0 saturated heterocycles. The Kier molecular flexibility index (Phi) is 7.85. The molecule has 1 aromatic rings. The van der Waals surface area contributed by atoms with Crippen LogP contribution in [-0.2, 0) is 23.8 Å². The fraction of sp³-hybridized carbons (Fsp3) is 0.294. The first kappa shape index (κ1) is 19.9. The van der Waals surface area contributed by atoms with Crippen molar-refractivity contribution in [3.05, 3.63) is 47.5 Å². The number of carbonyl (C=O) groups is 4. The third kappa shape index (κ3) is 6.09. The highest BCUT2D eigenvalue weighted by Gasteiger charge is 2.21.